The number of aromatic amines is 1. The molecule has 29 heavy (non-hydrogen) atoms. The van der Waals surface area contributed by atoms with Crippen LogP contribution >= 0.6 is 0 Å². The highest BCUT2D eigenvalue weighted by atomic mass is 19.1. The molecule has 1 atom stereocenters. The van der Waals surface area contributed by atoms with Crippen LogP contribution in [-0.2, 0) is 11.8 Å². The minimum atomic E-state index is -0.955. The molecule has 5 heteroatoms. The fourth-order valence-electron chi connectivity index (χ4n) is 4.58. The van der Waals surface area contributed by atoms with Gasteiger partial charge in [-0.1, -0.05) is 27.7 Å². The zero-order valence-corrected chi connectivity index (χ0v) is 17.9. The quantitative estimate of drug-likeness (QED) is 0.534. The lowest BCUT2D eigenvalue weighted by Crippen LogP contribution is -2.40. The lowest BCUT2D eigenvalue weighted by atomic mass is 9.71. The maximum Gasteiger partial charge on any atom is 0.123 e. The third kappa shape index (κ3) is 4.96. The zero-order chi connectivity index (χ0) is 21.2. The Morgan fingerprint density at radius 2 is 1.97 bits per heavy atom. The predicted molar refractivity (Wildman–Crippen MR) is 115 cm³/mol. The van der Waals surface area contributed by atoms with E-state index in [2.05, 4.69) is 29.9 Å². The van der Waals surface area contributed by atoms with Crippen LogP contribution in [-0.4, -0.2) is 27.8 Å². The summed E-state index contributed by atoms with van der Waals surface area (Å²) in [6.07, 6.45) is 5.16. The Morgan fingerprint density at radius 3 is 2.62 bits per heavy atom. The molecule has 0 radical (unpaired) electrons. The highest BCUT2D eigenvalue weighted by molar-refractivity contribution is 5.79. The summed E-state index contributed by atoms with van der Waals surface area (Å²) in [5.41, 5.74) is 1.26. The molecule has 156 valence electrons. The van der Waals surface area contributed by atoms with E-state index in [0.29, 0.717) is 30.9 Å². The fourth-order valence-corrected chi connectivity index (χ4v) is 4.58. The molecule has 2 heterocycles. The molecule has 0 fully saturated rings. The molecule has 0 aliphatic carbocycles. The Balaban J connectivity index is 1.94. The SMILES string of the molecule is COc1ccc(F)cc1C(C)(C)CC(O)(Cc1cc2ccncc2[nH]1)CC(C)C. The smallest absolute Gasteiger partial charge is 0.123 e. The molecule has 4 nitrogen and oxygen atoms in total. The fraction of sp³-hybridized carbons (Fsp3) is 0.458. The number of rotatable bonds is 8. The van der Waals surface area contributed by atoms with Crippen molar-refractivity contribution in [3.63, 3.8) is 0 Å². The molecule has 0 aliphatic heterocycles. The second kappa shape index (κ2) is 8.15. The van der Waals surface area contributed by atoms with Gasteiger partial charge in [0.25, 0.3) is 0 Å². The predicted octanol–water partition coefficient (Wildman–Crippen LogP) is 5.40. The number of pyridine rings is 1. The number of hydrogen-bond acceptors (Lipinski definition) is 3. The molecule has 2 aromatic heterocycles. The van der Waals surface area contributed by atoms with Crippen molar-refractivity contribution in [2.75, 3.05) is 7.11 Å². The van der Waals surface area contributed by atoms with Gasteiger partial charge >= 0.3 is 0 Å². The van der Waals surface area contributed by atoms with Crippen LogP contribution in [0.25, 0.3) is 10.9 Å². The maximum atomic E-state index is 14.0. The summed E-state index contributed by atoms with van der Waals surface area (Å²) in [7, 11) is 1.59. The summed E-state index contributed by atoms with van der Waals surface area (Å²) in [6.45, 7) is 8.28. The van der Waals surface area contributed by atoms with E-state index in [1.165, 1.54) is 12.1 Å². The molecule has 0 aliphatic rings. The standard InChI is InChI=1S/C24H31FN2O2/c1-16(2)12-24(28,13-19-10-17-8-9-26-14-21(17)27-19)15-23(3,4)20-11-18(25)6-7-22(20)29-5/h6-11,14,16,27-28H,12-13,15H2,1-5H3. The first-order valence-corrected chi connectivity index (χ1v) is 10.1. The lowest BCUT2D eigenvalue weighted by Gasteiger charge is -2.38. The molecule has 0 amide bonds. The first-order valence-electron chi connectivity index (χ1n) is 10.1. The van der Waals surface area contributed by atoms with Crippen molar-refractivity contribution in [3.8, 4) is 5.75 Å². The van der Waals surface area contributed by atoms with Gasteiger partial charge in [0.15, 0.2) is 0 Å². The number of methoxy groups -OCH3 is 1. The monoisotopic (exact) mass is 398 g/mol. The van der Waals surface area contributed by atoms with Gasteiger partial charge in [-0.25, -0.2) is 4.39 Å². The van der Waals surface area contributed by atoms with Gasteiger partial charge in [-0.2, -0.15) is 0 Å². The minimum Gasteiger partial charge on any atom is -0.496 e. The van der Waals surface area contributed by atoms with Crippen LogP contribution in [0.15, 0.2) is 42.7 Å². The number of halogens is 1. The van der Waals surface area contributed by atoms with Crippen molar-refractivity contribution >= 4 is 10.9 Å². The second-order valence-corrected chi connectivity index (χ2v) is 9.16. The molecular weight excluding hydrogens is 367 g/mol. The van der Waals surface area contributed by atoms with E-state index in [9.17, 15) is 9.50 Å². The second-order valence-electron chi connectivity index (χ2n) is 9.16. The average molecular weight is 399 g/mol. The number of nitrogens with one attached hydrogen (secondary N) is 1. The van der Waals surface area contributed by atoms with Gasteiger partial charge in [-0.3, -0.25) is 4.98 Å². The highest BCUT2D eigenvalue weighted by Crippen LogP contribution is 2.41. The van der Waals surface area contributed by atoms with Gasteiger partial charge in [-0.05, 0) is 54.5 Å². The van der Waals surface area contributed by atoms with Crippen molar-refractivity contribution in [3.05, 3.63) is 59.8 Å². The number of aliphatic hydroxyl groups is 1. The summed E-state index contributed by atoms with van der Waals surface area (Å²) < 4.78 is 19.5. The van der Waals surface area contributed by atoms with E-state index >= 15 is 0 Å². The lowest BCUT2D eigenvalue weighted by molar-refractivity contribution is -0.00623. The van der Waals surface area contributed by atoms with Crippen LogP contribution in [0.4, 0.5) is 4.39 Å². The number of nitrogens with zero attached hydrogens (tertiary/aromatic N) is 1. The molecule has 1 aromatic carbocycles. The van der Waals surface area contributed by atoms with Gasteiger partial charge in [-0.15, -0.1) is 0 Å². The van der Waals surface area contributed by atoms with Crippen molar-refractivity contribution in [2.24, 2.45) is 5.92 Å². The summed E-state index contributed by atoms with van der Waals surface area (Å²) in [5.74, 6) is 0.653. The van der Waals surface area contributed by atoms with Crippen LogP contribution in [0.2, 0.25) is 0 Å². The van der Waals surface area contributed by atoms with Crippen molar-refractivity contribution in [1.29, 1.82) is 0 Å². The van der Waals surface area contributed by atoms with Gasteiger partial charge in [0, 0.05) is 29.3 Å². The third-order valence-corrected chi connectivity index (χ3v) is 5.45. The van der Waals surface area contributed by atoms with Crippen LogP contribution in [0, 0.1) is 11.7 Å². The highest BCUT2D eigenvalue weighted by Gasteiger charge is 2.38. The van der Waals surface area contributed by atoms with Crippen molar-refractivity contribution in [1.82, 2.24) is 9.97 Å². The molecule has 0 bridgehead atoms. The van der Waals surface area contributed by atoms with E-state index in [1.807, 2.05) is 19.9 Å². The Hall–Kier alpha value is -2.40. The molecule has 3 aromatic rings. The number of benzene rings is 1. The van der Waals surface area contributed by atoms with Gasteiger partial charge < -0.3 is 14.8 Å². The van der Waals surface area contributed by atoms with Gasteiger partial charge in [0.2, 0.25) is 0 Å². The third-order valence-electron chi connectivity index (χ3n) is 5.45. The Bertz CT molecular complexity index is 947. The zero-order valence-electron chi connectivity index (χ0n) is 17.9. The first kappa shape index (κ1) is 21.3. The van der Waals surface area contributed by atoms with E-state index in [-0.39, 0.29) is 5.82 Å². The number of H-pyrrole nitrogens is 1. The van der Waals surface area contributed by atoms with E-state index in [4.69, 9.17) is 4.74 Å². The van der Waals surface area contributed by atoms with E-state index < -0.39 is 11.0 Å². The molecule has 1 unspecified atom stereocenters. The Labute approximate surface area is 172 Å². The van der Waals surface area contributed by atoms with Gasteiger partial charge in [0.05, 0.1) is 24.4 Å². The summed E-state index contributed by atoms with van der Waals surface area (Å²) in [4.78, 5) is 7.53. The topological polar surface area (TPSA) is 58.1 Å². The van der Waals surface area contributed by atoms with Crippen molar-refractivity contribution in [2.45, 2.75) is 58.0 Å². The van der Waals surface area contributed by atoms with Crippen molar-refractivity contribution < 1.29 is 14.2 Å². The Kier molecular flexibility index (Phi) is 5.99. The summed E-state index contributed by atoms with van der Waals surface area (Å²) >= 11 is 0. The number of ether oxygens (including phenoxy) is 1. The number of fused-ring (bicyclic) bond motifs is 1. The van der Waals surface area contributed by atoms with Crippen LogP contribution in [0.3, 0.4) is 0 Å². The van der Waals surface area contributed by atoms with Crippen LogP contribution in [0.1, 0.15) is 51.8 Å². The molecule has 2 N–H and O–H groups in total. The molecule has 0 saturated heterocycles. The van der Waals surface area contributed by atoms with E-state index in [1.54, 1.807) is 25.6 Å². The number of hydrogen-bond donors (Lipinski definition) is 2. The Morgan fingerprint density at radius 1 is 1.21 bits per heavy atom. The molecule has 3 rings (SSSR count). The molecule has 0 saturated carbocycles. The maximum absolute atomic E-state index is 14.0. The minimum absolute atomic E-state index is 0.301. The van der Waals surface area contributed by atoms with E-state index in [0.717, 1.165) is 22.2 Å². The first-order chi connectivity index (χ1) is 13.6. The summed E-state index contributed by atoms with van der Waals surface area (Å²) in [6, 6.07) is 8.59. The van der Waals surface area contributed by atoms with Gasteiger partial charge in [0.1, 0.15) is 11.6 Å². The van der Waals surface area contributed by atoms with Crippen LogP contribution < -0.4 is 4.74 Å². The van der Waals surface area contributed by atoms with Crippen LogP contribution in [0.5, 0.6) is 5.75 Å². The average Bonchev–Trinajstić information content (AvgIpc) is 3.01. The molecular formula is C24H31FN2O2. The normalized spacial score (nSPS) is 14.3. The molecule has 0 spiro atoms. The largest absolute Gasteiger partial charge is 0.496 e. The summed E-state index contributed by atoms with van der Waals surface area (Å²) in [5, 5.41) is 12.8. The number of aromatic nitrogens is 2.